The van der Waals surface area contributed by atoms with Gasteiger partial charge in [-0.05, 0) is 18.9 Å². The molecule has 1 aliphatic rings. The van der Waals surface area contributed by atoms with Crippen LogP contribution in [0.5, 0.6) is 0 Å². The Hall–Kier alpha value is -0.800. The van der Waals surface area contributed by atoms with E-state index in [2.05, 4.69) is 4.98 Å². The predicted molar refractivity (Wildman–Crippen MR) is 68.1 cm³/mol. The first-order chi connectivity index (χ1) is 8.08. The molecule has 0 radical (unpaired) electrons. The lowest BCUT2D eigenvalue weighted by Crippen LogP contribution is -2.39. The van der Waals surface area contributed by atoms with Crippen LogP contribution in [0.25, 0.3) is 0 Å². The van der Waals surface area contributed by atoms with Gasteiger partial charge in [-0.1, -0.05) is 30.1 Å². The third-order valence-electron chi connectivity index (χ3n) is 3.06. The molecule has 2 rings (SSSR count). The fraction of sp³-hybridized carbons (Fsp3) is 0.500. The quantitative estimate of drug-likeness (QED) is 0.775. The minimum atomic E-state index is 0.114. The van der Waals surface area contributed by atoms with Gasteiger partial charge in [0.25, 0.3) is 0 Å². The zero-order valence-electron chi connectivity index (χ0n) is 9.62. The molecule has 1 fully saturated rings. The Labute approximate surface area is 111 Å². The molecule has 1 saturated heterocycles. The van der Waals surface area contributed by atoms with E-state index in [-0.39, 0.29) is 11.8 Å². The molecule has 5 heteroatoms. The van der Waals surface area contributed by atoms with E-state index in [1.165, 1.54) is 0 Å². The lowest BCUT2D eigenvalue weighted by molar-refractivity contribution is -0.138. The Bertz CT molecular complexity index is 437. The van der Waals surface area contributed by atoms with E-state index in [4.69, 9.17) is 23.2 Å². The van der Waals surface area contributed by atoms with E-state index < -0.39 is 0 Å². The first-order valence-corrected chi connectivity index (χ1v) is 6.42. The SMILES string of the molecule is CC1CCCN(Cc2cnc(Cl)cc2Cl)C1=O. The van der Waals surface area contributed by atoms with E-state index in [0.29, 0.717) is 16.7 Å². The molecule has 3 nitrogen and oxygen atoms in total. The highest BCUT2D eigenvalue weighted by molar-refractivity contribution is 6.34. The van der Waals surface area contributed by atoms with Crippen LogP contribution in [0.15, 0.2) is 12.3 Å². The number of likely N-dealkylation sites (tertiary alicyclic amines) is 1. The van der Waals surface area contributed by atoms with E-state index >= 15 is 0 Å². The summed E-state index contributed by atoms with van der Waals surface area (Å²) in [5, 5.41) is 0.938. The number of rotatable bonds is 2. The Morgan fingerprint density at radius 3 is 3.00 bits per heavy atom. The van der Waals surface area contributed by atoms with Gasteiger partial charge in [0.2, 0.25) is 5.91 Å². The van der Waals surface area contributed by atoms with Gasteiger partial charge in [0.1, 0.15) is 5.15 Å². The molecular formula is C12H14Cl2N2O. The van der Waals surface area contributed by atoms with Gasteiger partial charge in [-0.3, -0.25) is 4.79 Å². The van der Waals surface area contributed by atoms with E-state index in [1.807, 2.05) is 11.8 Å². The number of nitrogens with zero attached hydrogens (tertiary/aromatic N) is 2. The average Bonchev–Trinajstić information content (AvgIpc) is 2.28. The van der Waals surface area contributed by atoms with Crippen LogP contribution >= 0.6 is 23.2 Å². The second kappa shape index (κ2) is 5.23. The highest BCUT2D eigenvalue weighted by Crippen LogP contribution is 2.23. The Morgan fingerprint density at radius 1 is 1.53 bits per heavy atom. The van der Waals surface area contributed by atoms with Crippen molar-refractivity contribution < 1.29 is 4.79 Å². The predicted octanol–water partition coefficient (Wildman–Crippen LogP) is 3.15. The monoisotopic (exact) mass is 272 g/mol. The molecule has 1 aromatic heterocycles. The summed E-state index contributed by atoms with van der Waals surface area (Å²) >= 11 is 11.8. The summed E-state index contributed by atoms with van der Waals surface area (Å²) in [6.45, 7) is 3.28. The fourth-order valence-electron chi connectivity index (χ4n) is 2.05. The Kier molecular flexibility index (Phi) is 3.89. The highest BCUT2D eigenvalue weighted by atomic mass is 35.5. The van der Waals surface area contributed by atoms with Crippen molar-refractivity contribution in [1.82, 2.24) is 9.88 Å². The van der Waals surface area contributed by atoms with Gasteiger partial charge < -0.3 is 4.90 Å². The molecule has 0 aromatic carbocycles. The van der Waals surface area contributed by atoms with Crippen LogP contribution in [0.3, 0.4) is 0 Å². The second-order valence-corrected chi connectivity index (χ2v) is 5.20. The summed E-state index contributed by atoms with van der Waals surface area (Å²) < 4.78 is 0. The zero-order chi connectivity index (χ0) is 12.4. The molecule has 0 saturated carbocycles. The van der Waals surface area contributed by atoms with Crippen LogP contribution in [0, 0.1) is 5.92 Å². The first kappa shape index (κ1) is 12.7. The number of hydrogen-bond acceptors (Lipinski definition) is 2. The molecule has 1 atom stereocenters. The zero-order valence-corrected chi connectivity index (χ0v) is 11.1. The smallest absolute Gasteiger partial charge is 0.225 e. The molecular weight excluding hydrogens is 259 g/mol. The van der Waals surface area contributed by atoms with Crippen LogP contribution in [0.2, 0.25) is 10.2 Å². The Balaban J connectivity index is 2.12. The van der Waals surface area contributed by atoms with Crippen molar-refractivity contribution >= 4 is 29.1 Å². The summed E-state index contributed by atoms with van der Waals surface area (Å²) in [5.74, 6) is 0.310. The van der Waals surface area contributed by atoms with Crippen molar-refractivity contribution in [2.24, 2.45) is 5.92 Å². The number of carbonyl (C=O) groups is 1. The average molecular weight is 273 g/mol. The lowest BCUT2D eigenvalue weighted by Gasteiger charge is -2.30. The summed E-state index contributed by atoms with van der Waals surface area (Å²) in [6.07, 6.45) is 3.66. The van der Waals surface area contributed by atoms with Crippen molar-refractivity contribution in [2.75, 3.05) is 6.54 Å². The van der Waals surface area contributed by atoms with Crippen LogP contribution < -0.4 is 0 Å². The molecule has 1 amide bonds. The molecule has 1 aliphatic heterocycles. The van der Waals surface area contributed by atoms with Crippen molar-refractivity contribution in [3.63, 3.8) is 0 Å². The molecule has 0 spiro atoms. The summed E-state index contributed by atoms with van der Waals surface area (Å²) in [7, 11) is 0. The van der Waals surface area contributed by atoms with E-state index in [0.717, 1.165) is 24.9 Å². The van der Waals surface area contributed by atoms with Crippen LogP contribution in [-0.2, 0) is 11.3 Å². The molecule has 2 heterocycles. The molecule has 92 valence electrons. The normalized spacial score (nSPS) is 20.8. The van der Waals surface area contributed by atoms with Crippen LogP contribution in [-0.4, -0.2) is 22.3 Å². The number of carbonyl (C=O) groups excluding carboxylic acids is 1. The van der Waals surface area contributed by atoms with E-state index in [1.54, 1.807) is 12.3 Å². The van der Waals surface area contributed by atoms with Crippen LogP contribution in [0.4, 0.5) is 0 Å². The standard InChI is InChI=1S/C12H14Cl2N2O/c1-8-3-2-4-16(12(8)17)7-9-6-15-11(14)5-10(9)13/h5-6,8H,2-4,7H2,1H3. The number of hydrogen-bond donors (Lipinski definition) is 0. The maximum Gasteiger partial charge on any atom is 0.225 e. The van der Waals surface area contributed by atoms with Crippen molar-refractivity contribution in [3.05, 3.63) is 28.0 Å². The van der Waals surface area contributed by atoms with Gasteiger partial charge in [-0.25, -0.2) is 4.98 Å². The highest BCUT2D eigenvalue weighted by Gasteiger charge is 2.25. The molecule has 17 heavy (non-hydrogen) atoms. The topological polar surface area (TPSA) is 33.2 Å². The summed E-state index contributed by atoms with van der Waals surface area (Å²) in [6, 6.07) is 1.61. The van der Waals surface area contributed by atoms with Gasteiger partial charge in [0.15, 0.2) is 0 Å². The maximum absolute atomic E-state index is 11.9. The summed E-state index contributed by atoms with van der Waals surface area (Å²) in [4.78, 5) is 17.8. The largest absolute Gasteiger partial charge is 0.338 e. The van der Waals surface area contributed by atoms with Crippen molar-refractivity contribution in [2.45, 2.75) is 26.3 Å². The lowest BCUT2D eigenvalue weighted by atomic mass is 9.99. The second-order valence-electron chi connectivity index (χ2n) is 4.40. The van der Waals surface area contributed by atoms with Gasteiger partial charge in [-0.2, -0.15) is 0 Å². The molecule has 1 unspecified atom stereocenters. The van der Waals surface area contributed by atoms with Crippen molar-refractivity contribution in [3.8, 4) is 0 Å². The minimum absolute atomic E-state index is 0.114. The van der Waals surface area contributed by atoms with Crippen molar-refractivity contribution in [1.29, 1.82) is 0 Å². The molecule has 1 aromatic rings. The van der Waals surface area contributed by atoms with Crippen LogP contribution in [0.1, 0.15) is 25.3 Å². The first-order valence-electron chi connectivity index (χ1n) is 5.66. The van der Waals surface area contributed by atoms with Gasteiger partial charge in [-0.15, -0.1) is 0 Å². The minimum Gasteiger partial charge on any atom is -0.338 e. The van der Waals surface area contributed by atoms with Gasteiger partial charge >= 0.3 is 0 Å². The number of pyridine rings is 1. The third kappa shape index (κ3) is 2.90. The maximum atomic E-state index is 11.9. The Morgan fingerprint density at radius 2 is 2.29 bits per heavy atom. The van der Waals surface area contributed by atoms with Gasteiger partial charge in [0.05, 0.1) is 5.02 Å². The number of piperidine rings is 1. The van der Waals surface area contributed by atoms with E-state index in [9.17, 15) is 4.79 Å². The third-order valence-corrected chi connectivity index (χ3v) is 3.61. The summed E-state index contributed by atoms with van der Waals surface area (Å²) in [5.41, 5.74) is 0.846. The number of halogens is 2. The molecule has 0 N–H and O–H groups in total. The fourth-order valence-corrected chi connectivity index (χ4v) is 2.47. The number of amides is 1. The molecule has 0 aliphatic carbocycles. The van der Waals surface area contributed by atoms with Gasteiger partial charge in [0, 0.05) is 30.8 Å². The number of aromatic nitrogens is 1. The molecule has 0 bridgehead atoms.